The molecule has 4 heterocycles. The van der Waals surface area contributed by atoms with Gasteiger partial charge in [-0.1, -0.05) is 12.1 Å². The van der Waals surface area contributed by atoms with Crippen LogP contribution in [0.2, 0.25) is 0 Å². The average Bonchev–Trinajstić information content (AvgIpc) is 2.96. The molecule has 0 radical (unpaired) electrons. The molecule has 2 N–H and O–H groups in total. The smallest absolute Gasteiger partial charge is 0.255 e. The number of hydrogen-bond acceptors (Lipinski definition) is 5. The van der Waals surface area contributed by atoms with E-state index in [0.29, 0.717) is 24.6 Å². The summed E-state index contributed by atoms with van der Waals surface area (Å²) in [6.45, 7) is 4.72. The second-order valence-corrected chi connectivity index (χ2v) is 8.14. The third-order valence-electron chi connectivity index (χ3n) is 6.48. The van der Waals surface area contributed by atoms with Crippen molar-refractivity contribution in [1.29, 1.82) is 0 Å². The van der Waals surface area contributed by atoms with Gasteiger partial charge in [-0.25, -0.2) is 0 Å². The fourth-order valence-electron chi connectivity index (χ4n) is 5.02. The van der Waals surface area contributed by atoms with Gasteiger partial charge in [0.2, 0.25) is 11.8 Å². The lowest BCUT2D eigenvalue weighted by atomic mass is 9.83. The molecule has 1 aromatic rings. The second kappa shape index (κ2) is 6.42. The zero-order valence-electron chi connectivity index (χ0n) is 15.2. The molecule has 142 valence electrons. The van der Waals surface area contributed by atoms with Gasteiger partial charge in [-0.15, -0.1) is 0 Å². The molecule has 3 amide bonds. The second-order valence-electron chi connectivity index (χ2n) is 8.14. The van der Waals surface area contributed by atoms with E-state index in [1.165, 1.54) is 12.0 Å². The van der Waals surface area contributed by atoms with Crippen molar-refractivity contribution in [2.45, 2.75) is 44.4 Å². The Kier molecular flexibility index (Phi) is 4.02. The first-order valence-corrected chi connectivity index (χ1v) is 9.81. The van der Waals surface area contributed by atoms with Gasteiger partial charge in [0.05, 0.1) is 0 Å². The number of benzene rings is 1. The number of fused-ring (bicyclic) bond motifs is 2. The lowest BCUT2D eigenvalue weighted by molar-refractivity contribution is -0.136. The molecule has 0 aliphatic carbocycles. The number of rotatable bonds is 3. The summed E-state index contributed by atoms with van der Waals surface area (Å²) in [6, 6.07) is 6.20. The third kappa shape index (κ3) is 2.85. The number of likely N-dealkylation sites (tertiary alicyclic amines) is 1. The summed E-state index contributed by atoms with van der Waals surface area (Å²) in [5.41, 5.74) is 2.90. The normalized spacial score (nSPS) is 30.6. The third-order valence-corrected chi connectivity index (χ3v) is 6.48. The molecule has 7 heteroatoms. The van der Waals surface area contributed by atoms with Crippen LogP contribution in [0.1, 0.15) is 40.7 Å². The number of amides is 3. The number of carbonyl (C=O) groups excluding carboxylic acids is 3. The van der Waals surface area contributed by atoms with Gasteiger partial charge in [0, 0.05) is 44.2 Å². The minimum atomic E-state index is -0.545. The molecule has 3 saturated heterocycles. The minimum absolute atomic E-state index is 0.103. The van der Waals surface area contributed by atoms with Gasteiger partial charge in [0.1, 0.15) is 6.04 Å². The first kappa shape index (κ1) is 16.9. The molecular weight excluding hydrogens is 344 g/mol. The van der Waals surface area contributed by atoms with Crippen LogP contribution < -0.4 is 10.6 Å². The van der Waals surface area contributed by atoms with Crippen molar-refractivity contribution in [3.63, 3.8) is 0 Å². The van der Waals surface area contributed by atoms with E-state index in [4.69, 9.17) is 0 Å². The lowest BCUT2D eigenvalue weighted by Gasteiger charge is -2.51. The topological polar surface area (TPSA) is 81.8 Å². The number of hydrogen-bond donors (Lipinski definition) is 2. The Labute approximate surface area is 158 Å². The van der Waals surface area contributed by atoms with Crippen LogP contribution in [0.4, 0.5) is 0 Å². The zero-order chi connectivity index (χ0) is 18.5. The predicted molar refractivity (Wildman–Crippen MR) is 97.7 cm³/mol. The van der Waals surface area contributed by atoms with E-state index in [2.05, 4.69) is 21.6 Å². The van der Waals surface area contributed by atoms with Crippen molar-refractivity contribution in [1.82, 2.24) is 20.4 Å². The number of nitrogens with zero attached hydrogens (tertiary/aromatic N) is 2. The summed E-state index contributed by atoms with van der Waals surface area (Å²) >= 11 is 0. The summed E-state index contributed by atoms with van der Waals surface area (Å²) < 4.78 is 0. The Balaban J connectivity index is 1.29. The first-order chi connectivity index (χ1) is 13.1. The lowest BCUT2D eigenvalue weighted by Crippen LogP contribution is -2.62. The number of imide groups is 1. The summed E-state index contributed by atoms with van der Waals surface area (Å²) in [6.07, 6.45) is 1.90. The van der Waals surface area contributed by atoms with Crippen molar-refractivity contribution in [2.75, 3.05) is 19.6 Å². The zero-order valence-corrected chi connectivity index (χ0v) is 15.2. The monoisotopic (exact) mass is 368 g/mol. The van der Waals surface area contributed by atoms with Crippen LogP contribution in [-0.2, 0) is 22.7 Å². The van der Waals surface area contributed by atoms with Crippen LogP contribution >= 0.6 is 0 Å². The van der Waals surface area contributed by atoms with Crippen LogP contribution in [0.15, 0.2) is 18.2 Å². The van der Waals surface area contributed by atoms with Crippen LogP contribution in [0.3, 0.4) is 0 Å². The molecule has 0 aromatic heterocycles. The molecule has 27 heavy (non-hydrogen) atoms. The largest absolute Gasteiger partial charge is 0.322 e. The van der Waals surface area contributed by atoms with Crippen molar-refractivity contribution in [2.24, 2.45) is 5.92 Å². The number of nitrogens with one attached hydrogen (secondary N) is 2. The molecule has 3 atom stereocenters. The van der Waals surface area contributed by atoms with E-state index >= 15 is 0 Å². The van der Waals surface area contributed by atoms with Crippen LogP contribution in [0.25, 0.3) is 0 Å². The van der Waals surface area contributed by atoms with Gasteiger partial charge in [-0.05, 0) is 42.5 Å². The van der Waals surface area contributed by atoms with Crippen LogP contribution in [-0.4, -0.2) is 59.2 Å². The maximum atomic E-state index is 12.8. The Morgan fingerprint density at radius 3 is 2.85 bits per heavy atom. The Morgan fingerprint density at radius 1 is 1.15 bits per heavy atom. The number of carbonyl (C=O) groups is 3. The van der Waals surface area contributed by atoms with E-state index in [9.17, 15) is 14.4 Å². The van der Waals surface area contributed by atoms with Crippen molar-refractivity contribution < 1.29 is 14.4 Å². The molecular formula is C20H24N4O3. The Hall–Kier alpha value is -2.25. The van der Waals surface area contributed by atoms with Gasteiger partial charge >= 0.3 is 0 Å². The van der Waals surface area contributed by atoms with E-state index in [1.54, 1.807) is 4.90 Å². The maximum Gasteiger partial charge on any atom is 0.255 e. The highest BCUT2D eigenvalue weighted by molar-refractivity contribution is 6.05. The van der Waals surface area contributed by atoms with Gasteiger partial charge in [0.25, 0.3) is 5.91 Å². The molecule has 4 aliphatic heterocycles. The van der Waals surface area contributed by atoms with Crippen molar-refractivity contribution >= 4 is 17.7 Å². The van der Waals surface area contributed by atoms with Gasteiger partial charge < -0.3 is 10.2 Å². The molecule has 0 saturated carbocycles. The van der Waals surface area contributed by atoms with Crippen LogP contribution in [0, 0.1) is 5.92 Å². The quantitative estimate of drug-likeness (QED) is 0.747. The molecule has 7 nitrogen and oxygen atoms in total. The van der Waals surface area contributed by atoms with E-state index in [1.807, 2.05) is 12.1 Å². The highest BCUT2D eigenvalue weighted by Gasteiger charge is 2.41. The van der Waals surface area contributed by atoms with E-state index in [-0.39, 0.29) is 24.1 Å². The molecule has 1 unspecified atom stereocenters. The van der Waals surface area contributed by atoms with E-state index in [0.717, 1.165) is 37.7 Å². The number of piperidine rings is 2. The molecule has 1 aromatic carbocycles. The molecule has 5 rings (SSSR count). The Morgan fingerprint density at radius 2 is 2.04 bits per heavy atom. The molecule has 3 fully saturated rings. The Bertz CT molecular complexity index is 823. The standard InChI is InChI=1S/C20H24N4O3/c25-18-4-3-17(19(26)22-18)24-11-13-7-12(1-2-15(13)20(24)27)9-23-10-14-8-21-6-5-16(14)23/h1-2,7,14,16-17,21H,3-6,8-11H2,(H,22,25,26)/t14-,16-,17?/m0/s1. The average molecular weight is 368 g/mol. The highest BCUT2D eigenvalue weighted by Crippen LogP contribution is 2.32. The molecule has 4 aliphatic rings. The predicted octanol–water partition coefficient (Wildman–Crippen LogP) is 0.241. The van der Waals surface area contributed by atoms with Gasteiger partial charge in [0.15, 0.2) is 0 Å². The van der Waals surface area contributed by atoms with Gasteiger partial charge in [-0.2, -0.15) is 0 Å². The van der Waals surface area contributed by atoms with E-state index < -0.39 is 6.04 Å². The van der Waals surface area contributed by atoms with Crippen molar-refractivity contribution in [3.05, 3.63) is 34.9 Å². The summed E-state index contributed by atoms with van der Waals surface area (Å²) in [5, 5.41) is 5.81. The summed E-state index contributed by atoms with van der Waals surface area (Å²) in [5.74, 6) is 0.0600. The highest BCUT2D eigenvalue weighted by atomic mass is 16.2. The maximum absolute atomic E-state index is 12.8. The van der Waals surface area contributed by atoms with Gasteiger partial charge in [-0.3, -0.25) is 24.6 Å². The fourth-order valence-corrected chi connectivity index (χ4v) is 5.02. The van der Waals surface area contributed by atoms with Crippen molar-refractivity contribution in [3.8, 4) is 0 Å². The summed E-state index contributed by atoms with van der Waals surface area (Å²) in [7, 11) is 0. The molecule has 0 bridgehead atoms. The SMILES string of the molecule is O=C1CCC(N2Cc3cc(CN4C[C@@H]5CNCC[C@@H]54)ccc3C2=O)C(=O)N1. The van der Waals surface area contributed by atoms with Crippen LogP contribution in [0.5, 0.6) is 0 Å². The minimum Gasteiger partial charge on any atom is -0.322 e. The summed E-state index contributed by atoms with van der Waals surface area (Å²) in [4.78, 5) is 40.4. The first-order valence-electron chi connectivity index (χ1n) is 9.81. The molecule has 0 spiro atoms. The fraction of sp³-hybridized carbons (Fsp3) is 0.550.